The summed E-state index contributed by atoms with van der Waals surface area (Å²) in [5.74, 6) is 1.47. The van der Waals surface area contributed by atoms with Crippen LogP contribution in [0, 0.1) is 5.82 Å². The van der Waals surface area contributed by atoms with Crippen molar-refractivity contribution >= 4 is 11.6 Å². The monoisotopic (exact) mass is 345 g/mol. The summed E-state index contributed by atoms with van der Waals surface area (Å²) in [5, 5.41) is 3.37. The predicted molar refractivity (Wildman–Crippen MR) is 96.4 cm³/mol. The Kier molecular flexibility index (Phi) is 5.78. The van der Waals surface area contributed by atoms with Crippen molar-refractivity contribution in [3.05, 3.63) is 48.0 Å². The molecule has 2 aromatic rings. The van der Waals surface area contributed by atoms with Crippen LogP contribution in [0.1, 0.15) is 11.6 Å². The molecule has 1 saturated heterocycles. The quantitative estimate of drug-likeness (QED) is 0.866. The third-order valence-corrected chi connectivity index (χ3v) is 4.34. The highest BCUT2D eigenvalue weighted by Gasteiger charge is 2.16. The summed E-state index contributed by atoms with van der Waals surface area (Å²) in [7, 11) is 4.02. The van der Waals surface area contributed by atoms with Crippen LogP contribution in [0.15, 0.2) is 36.7 Å². The van der Waals surface area contributed by atoms with Crippen molar-refractivity contribution in [3.63, 3.8) is 0 Å². The fraction of sp³-hybridized carbons (Fsp3) is 0.444. The lowest BCUT2D eigenvalue weighted by molar-refractivity contribution is 0.122. The summed E-state index contributed by atoms with van der Waals surface area (Å²) < 4.78 is 18.5. The van der Waals surface area contributed by atoms with Gasteiger partial charge in [-0.2, -0.15) is 0 Å². The van der Waals surface area contributed by atoms with Crippen molar-refractivity contribution in [2.45, 2.75) is 6.04 Å². The van der Waals surface area contributed by atoms with Gasteiger partial charge in [-0.15, -0.1) is 0 Å². The number of nitrogens with one attached hydrogen (secondary N) is 1. The van der Waals surface area contributed by atoms with Crippen molar-refractivity contribution in [1.29, 1.82) is 0 Å². The van der Waals surface area contributed by atoms with E-state index in [1.54, 1.807) is 6.33 Å². The number of anilines is 2. The number of nitrogens with zero attached hydrogens (tertiary/aromatic N) is 4. The number of halogens is 1. The van der Waals surface area contributed by atoms with Gasteiger partial charge in [-0.05, 0) is 31.8 Å². The molecule has 25 heavy (non-hydrogen) atoms. The van der Waals surface area contributed by atoms with Gasteiger partial charge in [-0.3, -0.25) is 0 Å². The molecule has 0 unspecified atom stereocenters. The smallest absolute Gasteiger partial charge is 0.134 e. The zero-order valence-electron chi connectivity index (χ0n) is 14.7. The van der Waals surface area contributed by atoms with Crippen LogP contribution in [0.5, 0.6) is 0 Å². The predicted octanol–water partition coefficient (Wildman–Crippen LogP) is 2.17. The van der Waals surface area contributed by atoms with E-state index in [9.17, 15) is 4.39 Å². The molecule has 0 aliphatic carbocycles. The molecule has 0 bridgehead atoms. The SMILES string of the molecule is CN(C)[C@H](CNc1cc(N2CCOCC2)ncn1)c1ccc(F)cc1. The summed E-state index contributed by atoms with van der Waals surface area (Å²) in [6.07, 6.45) is 1.58. The van der Waals surface area contributed by atoms with Gasteiger partial charge in [0, 0.05) is 25.7 Å². The maximum absolute atomic E-state index is 13.2. The first-order valence-corrected chi connectivity index (χ1v) is 8.44. The third-order valence-electron chi connectivity index (χ3n) is 4.34. The number of likely N-dealkylation sites (N-methyl/N-ethyl adjacent to an activating group) is 1. The van der Waals surface area contributed by atoms with Crippen molar-refractivity contribution in [3.8, 4) is 0 Å². The Labute approximate surface area is 147 Å². The van der Waals surface area contributed by atoms with Crippen molar-refractivity contribution in [1.82, 2.24) is 14.9 Å². The summed E-state index contributed by atoms with van der Waals surface area (Å²) in [6.45, 7) is 3.79. The van der Waals surface area contributed by atoms with Gasteiger partial charge in [0.2, 0.25) is 0 Å². The van der Waals surface area contributed by atoms with Gasteiger partial charge in [0.15, 0.2) is 0 Å². The van der Waals surface area contributed by atoms with Crippen LogP contribution >= 0.6 is 0 Å². The van der Waals surface area contributed by atoms with E-state index in [-0.39, 0.29) is 11.9 Å². The van der Waals surface area contributed by atoms with Gasteiger partial charge in [-0.25, -0.2) is 14.4 Å². The number of morpholine rings is 1. The molecule has 1 fully saturated rings. The van der Waals surface area contributed by atoms with E-state index in [1.165, 1.54) is 12.1 Å². The third kappa shape index (κ3) is 4.64. The normalized spacial score (nSPS) is 16.1. The summed E-state index contributed by atoms with van der Waals surface area (Å²) in [6, 6.07) is 8.70. The van der Waals surface area contributed by atoms with Crippen LogP contribution in [0.2, 0.25) is 0 Å². The number of aromatic nitrogens is 2. The average Bonchev–Trinajstić information content (AvgIpc) is 2.64. The lowest BCUT2D eigenvalue weighted by Gasteiger charge is -2.28. The highest BCUT2D eigenvalue weighted by Crippen LogP contribution is 2.20. The molecule has 2 heterocycles. The molecule has 1 atom stereocenters. The lowest BCUT2D eigenvalue weighted by atomic mass is 10.1. The topological polar surface area (TPSA) is 53.5 Å². The van der Waals surface area contributed by atoms with E-state index in [2.05, 4.69) is 25.1 Å². The Morgan fingerprint density at radius 2 is 1.92 bits per heavy atom. The van der Waals surface area contributed by atoms with Gasteiger partial charge in [0.05, 0.1) is 19.3 Å². The Balaban J connectivity index is 1.67. The zero-order valence-corrected chi connectivity index (χ0v) is 14.7. The summed E-state index contributed by atoms with van der Waals surface area (Å²) in [4.78, 5) is 13.0. The molecule has 0 saturated carbocycles. The summed E-state index contributed by atoms with van der Waals surface area (Å²) >= 11 is 0. The van der Waals surface area contributed by atoms with Crippen LogP contribution in [-0.2, 0) is 4.74 Å². The molecule has 1 aromatic carbocycles. The second-order valence-corrected chi connectivity index (χ2v) is 6.27. The Hall–Kier alpha value is -2.25. The molecule has 7 heteroatoms. The highest BCUT2D eigenvalue weighted by atomic mass is 19.1. The van der Waals surface area contributed by atoms with Crippen LogP contribution in [0.4, 0.5) is 16.0 Å². The van der Waals surface area contributed by atoms with E-state index in [0.717, 1.165) is 43.5 Å². The van der Waals surface area contributed by atoms with Crippen LogP contribution in [0.3, 0.4) is 0 Å². The molecule has 1 aliphatic heterocycles. The van der Waals surface area contributed by atoms with Crippen LogP contribution < -0.4 is 10.2 Å². The zero-order chi connectivity index (χ0) is 17.6. The molecule has 6 nitrogen and oxygen atoms in total. The number of rotatable bonds is 6. The number of hydrogen-bond donors (Lipinski definition) is 1. The first-order chi connectivity index (χ1) is 12.1. The van der Waals surface area contributed by atoms with Gasteiger partial charge in [0.25, 0.3) is 0 Å². The molecule has 1 N–H and O–H groups in total. The van der Waals surface area contributed by atoms with Gasteiger partial charge >= 0.3 is 0 Å². The summed E-state index contributed by atoms with van der Waals surface area (Å²) in [5.41, 5.74) is 1.06. The fourth-order valence-corrected chi connectivity index (χ4v) is 2.89. The molecule has 0 radical (unpaired) electrons. The highest BCUT2D eigenvalue weighted by molar-refractivity contribution is 5.48. The molecule has 3 rings (SSSR count). The second-order valence-electron chi connectivity index (χ2n) is 6.27. The number of hydrogen-bond acceptors (Lipinski definition) is 6. The number of ether oxygens (including phenoxy) is 1. The second kappa shape index (κ2) is 8.22. The van der Waals surface area contributed by atoms with E-state index in [1.807, 2.05) is 32.3 Å². The minimum atomic E-state index is -0.222. The maximum Gasteiger partial charge on any atom is 0.134 e. The first kappa shape index (κ1) is 17.6. The fourth-order valence-electron chi connectivity index (χ4n) is 2.89. The van der Waals surface area contributed by atoms with Crippen molar-refractivity contribution in [2.75, 3.05) is 57.2 Å². The van der Waals surface area contributed by atoms with E-state index >= 15 is 0 Å². The minimum Gasteiger partial charge on any atom is -0.378 e. The van der Waals surface area contributed by atoms with E-state index < -0.39 is 0 Å². The molecule has 1 aromatic heterocycles. The molecular weight excluding hydrogens is 321 g/mol. The van der Waals surface area contributed by atoms with Crippen LogP contribution in [0.25, 0.3) is 0 Å². The number of benzene rings is 1. The standard InChI is InChI=1S/C18H24FN5O/c1-23(2)16(14-3-5-15(19)6-4-14)12-20-17-11-18(22-13-21-17)24-7-9-25-10-8-24/h3-6,11,13,16H,7-10,12H2,1-2H3,(H,20,21,22)/t16-/m1/s1. The van der Waals surface area contributed by atoms with Gasteiger partial charge in [0.1, 0.15) is 23.8 Å². The molecule has 1 aliphatic rings. The molecule has 0 spiro atoms. The average molecular weight is 345 g/mol. The Bertz CT molecular complexity index is 673. The van der Waals surface area contributed by atoms with Crippen molar-refractivity contribution < 1.29 is 9.13 Å². The van der Waals surface area contributed by atoms with Crippen molar-refractivity contribution in [2.24, 2.45) is 0 Å². The maximum atomic E-state index is 13.2. The molecule has 134 valence electrons. The van der Waals surface area contributed by atoms with Crippen LogP contribution in [-0.4, -0.2) is 61.8 Å². The van der Waals surface area contributed by atoms with E-state index in [4.69, 9.17) is 4.74 Å². The minimum absolute atomic E-state index is 0.113. The first-order valence-electron chi connectivity index (χ1n) is 8.44. The Morgan fingerprint density at radius 1 is 1.20 bits per heavy atom. The van der Waals surface area contributed by atoms with Gasteiger partial charge < -0.3 is 19.9 Å². The Morgan fingerprint density at radius 3 is 2.60 bits per heavy atom. The largest absolute Gasteiger partial charge is 0.378 e. The van der Waals surface area contributed by atoms with E-state index in [0.29, 0.717) is 6.54 Å². The molecular formula is C18H24FN5O. The van der Waals surface area contributed by atoms with Gasteiger partial charge in [-0.1, -0.05) is 12.1 Å². The lowest BCUT2D eigenvalue weighted by Crippen LogP contribution is -2.36. The molecule has 0 amide bonds.